The van der Waals surface area contributed by atoms with Crippen LogP contribution in [0.25, 0.3) is 0 Å². The first-order chi connectivity index (χ1) is 8.58. The number of hydrogen-bond donors (Lipinski definition) is 0. The first-order valence-electron chi connectivity index (χ1n) is 5.42. The van der Waals surface area contributed by atoms with E-state index in [1.165, 1.54) is 11.8 Å². The van der Waals surface area contributed by atoms with Gasteiger partial charge < -0.3 is 4.74 Å². The fourth-order valence-corrected chi connectivity index (χ4v) is 2.18. The number of halogens is 1. The van der Waals surface area contributed by atoms with Gasteiger partial charge in [-0.25, -0.2) is 4.68 Å². The number of aromatic nitrogens is 4. The van der Waals surface area contributed by atoms with Crippen LogP contribution in [0.5, 0.6) is 5.88 Å². The van der Waals surface area contributed by atoms with Crippen molar-refractivity contribution < 1.29 is 9.53 Å². The average Bonchev–Trinajstić information content (AvgIpc) is 2.91. The largest absolute Gasteiger partial charge is 0.481 e. The summed E-state index contributed by atoms with van der Waals surface area (Å²) in [4.78, 5) is 12.4. The molecule has 0 bridgehead atoms. The molecule has 0 aromatic carbocycles. The number of carbonyl (C=O) groups is 1. The Morgan fingerprint density at radius 3 is 2.83 bits per heavy atom. The Kier molecular flexibility index (Phi) is 3.51. The lowest BCUT2D eigenvalue weighted by atomic mass is 10.2. The molecule has 0 amide bonds. The predicted molar refractivity (Wildman–Crippen MR) is 68.8 cm³/mol. The van der Waals surface area contributed by atoms with E-state index in [2.05, 4.69) is 26.1 Å². The molecule has 0 aliphatic rings. The van der Waals surface area contributed by atoms with Crippen molar-refractivity contribution in [3.63, 3.8) is 0 Å². The zero-order valence-electron chi connectivity index (χ0n) is 10.3. The minimum Gasteiger partial charge on any atom is -0.481 e. The van der Waals surface area contributed by atoms with Crippen LogP contribution < -0.4 is 4.74 Å². The standard InChI is InChI=1S/C11H13BrN4O2/c1-4-16-10(7(12)6-13-16)11(17)8-5-9(18-3)15(2)14-8/h5-6H,4H2,1-3H3. The van der Waals surface area contributed by atoms with Crippen LogP contribution in [0.1, 0.15) is 23.1 Å². The maximum absolute atomic E-state index is 12.4. The Morgan fingerprint density at radius 1 is 1.56 bits per heavy atom. The van der Waals surface area contributed by atoms with Gasteiger partial charge in [-0.05, 0) is 22.9 Å². The second-order valence-corrected chi connectivity index (χ2v) is 4.54. The van der Waals surface area contributed by atoms with Crippen LogP contribution in [0, 0.1) is 0 Å². The van der Waals surface area contributed by atoms with E-state index >= 15 is 0 Å². The Hall–Kier alpha value is -1.63. The number of rotatable bonds is 4. The van der Waals surface area contributed by atoms with E-state index in [-0.39, 0.29) is 5.78 Å². The lowest BCUT2D eigenvalue weighted by Crippen LogP contribution is -2.12. The molecule has 2 heterocycles. The normalized spacial score (nSPS) is 10.7. The molecular weight excluding hydrogens is 300 g/mol. The molecule has 0 saturated heterocycles. The highest BCUT2D eigenvalue weighted by Gasteiger charge is 2.21. The Morgan fingerprint density at radius 2 is 2.28 bits per heavy atom. The van der Waals surface area contributed by atoms with Crippen molar-refractivity contribution in [3.8, 4) is 5.88 Å². The molecule has 18 heavy (non-hydrogen) atoms. The van der Waals surface area contributed by atoms with Gasteiger partial charge in [0.1, 0.15) is 11.4 Å². The summed E-state index contributed by atoms with van der Waals surface area (Å²) in [5.41, 5.74) is 0.837. The number of ketones is 1. The van der Waals surface area contributed by atoms with Crippen LogP contribution in [-0.4, -0.2) is 32.5 Å². The van der Waals surface area contributed by atoms with Crippen LogP contribution in [0.3, 0.4) is 0 Å². The van der Waals surface area contributed by atoms with E-state index in [0.717, 1.165) is 0 Å². The van der Waals surface area contributed by atoms with Gasteiger partial charge in [-0.3, -0.25) is 9.48 Å². The lowest BCUT2D eigenvalue weighted by Gasteiger charge is -2.02. The van der Waals surface area contributed by atoms with E-state index in [1.54, 1.807) is 24.0 Å². The van der Waals surface area contributed by atoms with Crippen LogP contribution in [-0.2, 0) is 13.6 Å². The molecule has 6 nitrogen and oxygen atoms in total. The smallest absolute Gasteiger partial charge is 0.232 e. The fraction of sp³-hybridized carbons (Fsp3) is 0.364. The number of carbonyl (C=O) groups excluding carboxylic acids is 1. The lowest BCUT2D eigenvalue weighted by molar-refractivity contribution is 0.102. The number of hydrogen-bond acceptors (Lipinski definition) is 4. The van der Waals surface area contributed by atoms with Gasteiger partial charge in [0, 0.05) is 19.7 Å². The van der Waals surface area contributed by atoms with Crippen molar-refractivity contribution >= 4 is 21.7 Å². The summed E-state index contributed by atoms with van der Waals surface area (Å²) >= 11 is 3.33. The topological polar surface area (TPSA) is 61.9 Å². The second kappa shape index (κ2) is 4.93. The monoisotopic (exact) mass is 312 g/mol. The fourth-order valence-electron chi connectivity index (χ4n) is 1.70. The van der Waals surface area contributed by atoms with Gasteiger partial charge in [-0.15, -0.1) is 0 Å². The molecule has 96 valence electrons. The zero-order valence-corrected chi connectivity index (χ0v) is 11.9. The predicted octanol–water partition coefficient (Wildman–Crippen LogP) is 1.64. The minimum atomic E-state index is -0.180. The molecule has 0 radical (unpaired) electrons. The number of ether oxygens (including phenoxy) is 1. The summed E-state index contributed by atoms with van der Waals surface area (Å²) in [6.07, 6.45) is 1.61. The third-order valence-electron chi connectivity index (χ3n) is 2.59. The van der Waals surface area contributed by atoms with Crippen LogP contribution in [0.4, 0.5) is 0 Å². The molecule has 0 fully saturated rings. The first-order valence-corrected chi connectivity index (χ1v) is 6.21. The van der Waals surface area contributed by atoms with Gasteiger partial charge in [-0.2, -0.15) is 10.2 Å². The van der Waals surface area contributed by atoms with E-state index in [4.69, 9.17) is 4.74 Å². The van der Waals surface area contributed by atoms with Gasteiger partial charge in [0.15, 0.2) is 0 Å². The molecule has 0 aliphatic heterocycles. The second-order valence-electron chi connectivity index (χ2n) is 3.68. The molecule has 2 rings (SSSR count). The van der Waals surface area contributed by atoms with Gasteiger partial charge >= 0.3 is 0 Å². The Bertz CT molecular complexity index is 588. The summed E-state index contributed by atoms with van der Waals surface area (Å²) in [5.74, 6) is 0.358. The third kappa shape index (κ3) is 2.05. The maximum atomic E-state index is 12.4. The molecule has 7 heteroatoms. The Labute approximate surface area is 113 Å². The molecule has 0 aliphatic carbocycles. The molecule has 0 N–H and O–H groups in total. The van der Waals surface area contributed by atoms with Gasteiger partial charge in [-0.1, -0.05) is 0 Å². The highest BCUT2D eigenvalue weighted by Crippen LogP contribution is 2.21. The molecule has 2 aromatic rings. The first kappa shape index (κ1) is 12.8. The molecule has 0 spiro atoms. The highest BCUT2D eigenvalue weighted by atomic mass is 79.9. The summed E-state index contributed by atoms with van der Waals surface area (Å²) in [7, 11) is 3.26. The van der Waals surface area contributed by atoms with Gasteiger partial charge in [0.2, 0.25) is 11.7 Å². The number of aryl methyl sites for hydroxylation is 2. The molecule has 0 atom stereocenters. The molecule has 0 saturated carbocycles. The van der Waals surface area contributed by atoms with E-state index in [9.17, 15) is 4.79 Å². The maximum Gasteiger partial charge on any atom is 0.232 e. The van der Waals surface area contributed by atoms with Crippen molar-refractivity contribution in [2.75, 3.05) is 7.11 Å². The van der Waals surface area contributed by atoms with Crippen LogP contribution in [0.15, 0.2) is 16.7 Å². The molecule has 0 unspecified atom stereocenters. The van der Waals surface area contributed by atoms with Gasteiger partial charge in [0.05, 0.1) is 17.8 Å². The van der Waals surface area contributed by atoms with E-state index in [1.807, 2.05) is 6.92 Å². The van der Waals surface area contributed by atoms with Crippen LogP contribution in [0.2, 0.25) is 0 Å². The summed E-state index contributed by atoms with van der Waals surface area (Å²) in [5, 5.41) is 8.25. The summed E-state index contributed by atoms with van der Waals surface area (Å²) < 4.78 is 8.91. The van der Waals surface area contributed by atoms with Gasteiger partial charge in [0.25, 0.3) is 0 Å². The zero-order chi connectivity index (χ0) is 13.3. The molecule has 2 aromatic heterocycles. The quantitative estimate of drug-likeness (QED) is 0.805. The van der Waals surface area contributed by atoms with Crippen molar-refractivity contribution in [3.05, 3.63) is 28.1 Å². The third-order valence-corrected chi connectivity index (χ3v) is 3.17. The summed E-state index contributed by atoms with van der Waals surface area (Å²) in [6, 6.07) is 1.61. The average molecular weight is 313 g/mol. The minimum absolute atomic E-state index is 0.180. The van der Waals surface area contributed by atoms with Crippen molar-refractivity contribution in [2.45, 2.75) is 13.5 Å². The van der Waals surface area contributed by atoms with Crippen molar-refractivity contribution in [1.29, 1.82) is 0 Å². The SMILES string of the molecule is CCn1ncc(Br)c1C(=O)c1cc(OC)n(C)n1. The number of methoxy groups -OCH3 is 1. The summed E-state index contributed by atoms with van der Waals surface area (Å²) in [6.45, 7) is 2.55. The molecular formula is C11H13BrN4O2. The van der Waals surface area contributed by atoms with E-state index in [0.29, 0.717) is 28.3 Å². The van der Waals surface area contributed by atoms with Crippen molar-refractivity contribution in [2.24, 2.45) is 7.05 Å². The van der Waals surface area contributed by atoms with E-state index < -0.39 is 0 Å². The Balaban J connectivity index is 2.44. The van der Waals surface area contributed by atoms with Crippen molar-refractivity contribution in [1.82, 2.24) is 19.6 Å². The number of nitrogens with zero attached hydrogens (tertiary/aromatic N) is 4. The van der Waals surface area contributed by atoms with Crippen LogP contribution >= 0.6 is 15.9 Å². The highest BCUT2D eigenvalue weighted by molar-refractivity contribution is 9.10.